The van der Waals surface area contributed by atoms with E-state index in [1.807, 2.05) is 31.3 Å². The Kier molecular flexibility index (Phi) is 4.65. The Morgan fingerprint density at radius 1 is 1.42 bits per heavy atom. The van der Waals surface area contributed by atoms with E-state index in [0.29, 0.717) is 24.4 Å². The molecule has 0 aliphatic rings. The molecule has 0 saturated heterocycles. The number of aromatic nitrogens is 2. The van der Waals surface area contributed by atoms with Gasteiger partial charge in [-0.3, -0.25) is 0 Å². The molecule has 1 aromatic heterocycles. The fourth-order valence-electron chi connectivity index (χ4n) is 1.79. The molecule has 102 valence electrons. The molecule has 2 aromatic rings. The van der Waals surface area contributed by atoms with Crippen LogP contribution in [0, 0.1) is 0 Å². The zero-order valence-corrected chi connectivity index (χ0v) is 11.5. The average Bonchev–Trinajstić information content (AvgIpc) is 2.88. The molecule has 0 amide bonds. The van der Waals surface area contributed by atoms with Crippen molar-refractivity contribution in [2.24, 2.45) is 0 Å². The Morgan fingerprint density at radius 2 is 2.26 bits per heavy atom. The fourth-order valence-corrected chi connectivity index (χ4v) is 1.79. The van der Waals surface area contributed by atoms with E-state index in [0.717, 1.165) is 17.5 Å². The molecule has 0 radical (unpaired) electrons. The van der Waals surface area contributed by atoms with Crippen molar-refractivity contribution in [1.29, 1.82) is 0 Å². The minimum Gasteiger partial charge on any atom is -0.380 e. The molecule has 0 aliphatic carbocycles. The van der Waals surface area contributed by atoms with Crippen molar-refractivity contribution in [2.75, 3.05) is 14.2 Å². The van der Waals surface area contributed by atoms with Crippen molar-refractivity contribution in [3.8, 4) is 11.5 Å². The van der Waals surface area contributed by atoms with E-state index in [4.69, 9.17) is 9.26 Å². The number of hydrogen-bond donors (Lipinski definition) is 1. The molecular formula is C14H19N3O2. The number of benzene rings is 1. The second kappa shape index (κ2) is 6.45. The van der Waals surface area contributed by atoms with E-state index in [-0.39, 0.29) is 0 Å². The Hall–Kier alpha value is -1.72. The summed E-state index contributed by atoms with van der Waals surface area (Å²) in [5, 5.41) is 7.15. The average molecular weight is 261 g/mol. The summed E-state index contributed by atoms with van der Waals surface area (Å²) in [6, 6.07) is 8.25. The highest BCUT2D eigenvalue weighted by Gasteiger charge is 2.11. The molecule has 19 heavy (non-hydrogen) atoms. The maximum Gasteiger partial charge on any atom is 0.257 e. The van der Waals surface area contributed by atoms with Crippen molar-refractivity contribution in [3.05, 3.63) is 35.7 Å². The van der Waals surface area contributed by atoms with E-state index < -0.39 is 0 Å². The van der Waals surface area contributed by atoms with Crippen LogP contribution in [0.1, 0.15) is 18.3 Å². The molecule has 0 spiro atoms. The highest BCUT2D eigenvalue weighted by Crippen LogP contribution is 2.19. The lowest BCUT2D eigenvalue weighted by Gasteiger charge is -2.04. The largest absolute Gasteiger partial charge is 0.380 e. The molecule has 1 aromatic carbocycles. The van der Waals surface area contributed by atoms with Gasteiger partial charge in [-0.1, -0.05) is 17.3 Å². The van der Waals surface area contributed by atoms with Gasteiger partial charge in [-0.25, -0.2) is 0 Å². The predicted octanol–water partition coefficient (Wildman–Crippen LogP) is 2.03. The third-order valence-electron chi connectivity index (χ3n) is 2.93. The molecule has 0 saturated carbocycles. The van der Waals surface area contributed by atoms with Crippen molar-refractivity contribution in [3.63, 3.8) is 0 Å². The first-order chi connectivity index (χ1) is 9.22. The Labute approximate surface area is 113 Å². The monoisotopic (exact) mass is 261 g/mol. The van der Waals surface area contributed by atoms with Gasteiger partial charge >= 0.3 is 0 Å². The molecule has 0 aliphatic heterocycles. The summed E-state index contributed by atoms with van der Waals surface area (Å²) in [5.74, 6) is 1.27. The number of ether oxygens (including phenoxy) is 1. The zero-order valence-electron chi connectivity index (χ0n) is 11.5. The standard InChI is InChI=1S/C14H19N3O2/c1-10(15-2)7-13-16-14(19-17-13)12-6-4-5-11(8-12)9-18-3/h4-6,8,10,15H,7,9H2,1-3H3. The lowest BCUT2D eigenvalue weighted by molar-refractivity contribution is 0.185. The lowest BCUT2D eigenvalue weighted by Crippen LogP contribution is -2.24. The summed E-state index contributed by atoms with van der Waals surface area (Å²) in [4.78, 5) is 4.41. The summed E-state index contributed by atoms with van der Waals surface area (Å²) < 4.78 is 10.4. The maximum absolute atomic E-state index is 5.30. The lowest BCUT2D eigenvalue weighted by atomic mass is 10.1. The van der Waals surface area contributed by atoms with Crippen LogP contribution in [0.5, 0.6) is 0 Å². The van der Waals surface area contributed by atoms with Gasteiger partial charge < -0.3 is 14.6 Å². The van der Waals surface area contributed by atoms with Gasteiger partial charge in [-0.05, 0) is 31.7 Å². The third-order valence-corrected chi connectivity index (χ3v) is 2.93. The SMILES string of the molecule is CNC(C)Cc1noc(-c2cccc(COC)c2)n1. The van der Waals surface area contributed by atoms with Crippen LogP contribution in [0.2, 0.25) is 0 Å². The van der Waals surface area contributed by atoms with Gasteiger partial charge in [-0.2, -0.15) is 4.98 Å². The van der Waals surface area contributed by atoms with E-state index in [2.05, 4.69) is 22.4 Å². The number of nitrogens with one attached hydrogen (secondary N) is 1. The van der Waals surface area contributed by atoms with Gasteiger partial charge in [0.2, 0.25) is 0 Å². The maximum atomic E-state index is 5.30. The number of likely N-dealkylation sites (N-methyl/N-ethyl adjacent to an activating group) is 1. The second-order valence-corrected chi connectivity index (χ2v) is 4.54. The Balaban J connectivity index is 2.15. The summed E-state index contributed by atoms with van der Waals surface area (Å²) in [7, 11) is 3.59. The van der Waals surface area contributed by atoms with Crippen LogP contribution in [-0.2, 0) is 17.8 Å². The van der Waals surface area contributed by atoms with E-state index >= 15 is 0 Å². The van der Waals surface area contributed by atoms with Crippen LogP contribution < -0.4 is 5.32 Å². The summed E-state index contributed by atoms with van der Waals surface area (Å²) in [6.45, 7) is 2.65. The Bertz CT molecular complexity index is 525. The first-order valence-corrected chi connectivity index (χ1v) is 6.31. The zero-order chi connectivity index (χ0) is 13.7. The quantitative estimate of drug-likeness (QED) is 0.862. The van der Waals surface area contributed by atoms with Crippen LogP contribution in [0.3, 0.4) is 0 Å². The van der Waals surface area contributed by atoms with Gasteiger partial charge in [0.25, 0.3) is 5.89 Å². The van der Waals surface area contributed by atoms with Gasteiger partial charge in [0.05, 0.1) is 6.61 Å². The second-order valence-electron chi connectivity index (χ2n) is 4.54. The molecule has 0 fully saturated rings. The van der Waals surface area contributed by atoms with E-state index in [1.165, 1.54) is 0 Å². The van der Waals surface area contributed by atoms with Crippen LogP contribution in [0.4, 0.5) is 0 Å². The summed E-state index contributed by atoms with van der Waals surface area (Å²) >= 11 is 0. The molecule has 1 unspecified atom stereocenters. The molecule has 1 heterocycles. The molecule has 1 atom stereocenters. The molecule has 0 bridgehead atoms. The normalized spacial score (nSPS) is 12.6. The van der Waals surface area contributed by atoms with Crippen molar-refractivity contribution in [2.45, 2.75) is 26.0 Å². The van der Waals surface area contributed by atoms with Crippen molar-refractivity contribution in [1.82, 2.24) is 15.5 Å². The molecule has 1 N–H and O–H groups in total. The minimum absolute atomic E-state index is 0.324. The van der Waals surface area contributed by atoms with Crippen molar-refractivity contribution < 1.29 is 9.26 Å². The molecular weight excluding hydrogens is 242 g/mol. The number of nitrogens with zero attached hydrogens (tertiary/aromatic N) is 2. The van der Waals surface area contributed by atoms with Gasteiger partial charge in [0.15, 0.2) is 5.82 Å². The summed E-state index contributed by atoms with van der Waals surface area (Å²) in [5.41, 5.74) is 2.01. The Morgan fingerprint density at radius 3 is 3.00 bits per heavy atom. The third kappa shape index (κ3) is 3.62. The van der Waals surface area contributed by atoms with Crippen molar-refractivity contribution >= 4 is 0 Å². The highest BCUT2D eigenvalue weighted by molar-refractivity contribution is 5.53. The van der Waals surface area contributed by atoms with Gasteiger partial charge in [0, 0.05) is 25.1 Å². The number of hydrogen-bond acceptors (Lipinski definition) is 5. The van der Waals surface area contributed by atoms with Crippen LogP contribution in [0.15, 0.2) is 28.8 Å². The van der Waals surface area contributed by atoms with Crippen LogP contribution in [-0.4, -0.2) is 30.3 Å². The fraction of sp³-hybridized carbons (Fsp3) is 0.429. The molecule has 5 nitrogen and oxygen atoms in total. The minimum atomic E-state index is 0.324. The van der Waals surface area contributed by atoms with Gasteiger partial charge in [-0.15, -0.1) is 0 Å². The summed E-state index contributed by atoms with van der Waals surface area (Å²) in [6.07, 6.45) is 0.748. The van der Waals surface area contributed by atoms with E-state index in [9.17, 15) is 0 Å². The molecule has 2 rings (SSSR count). The van der Waals surface area contributed by atoms with Gasteiger partial charge in [0.1, 0.15) is 0 Å². The number of rotatable bonds is 6. The smallest absolute Gasteiger partial charge is 0.257 e. The first-order valence-electron chi connectivity index (χ1n) is 6.31. The van der Waals surface area contributed by atoms with Crippen LogP contribution in [0.25, 0.3) is 11.5 Å². The van der Waals surface area contributed by atoms with E-state index in [1.54, 1.807) is 7.11 Å². The predicted molar refractivity (Wildman–Crippen MR) is 72.7 cm³/mol. The highest BCUT2D eigenvalue weighted by atomic mass is 16.5. The first kappa shape index (κ1) is 13.7. The number of methoxy groups -OCH3 is 1. The van der Waals surface area contributed by atoms with Crippen LogP contribution >= 0.6 is 0 Å². The molecule has 5 heteroatoms. The topological polar surface area (TPSA) is 60.2 Å².